The largest absolute Gasteiger partial charge is 0.755 e. The molecule has 5 nitrogen and oxygen atoms in total. The standard InChI is InChI=1S/C14H15NO4S/c1-10(16)9-13-12(11-5-3-2-4-6-11)7-8-15(14(13)17)20(18)19/h2-8,12-13H,9H2,1H3,(H,18,19)/p-1/t12-,13+/m1/s1. The molecule has 0 fully saturated rings. The Balaban J connectivity index is 2.39. The number of benzene rings is 1. The van der Waals surface area contributed by atoms with Gasteiger partial charge in [0.2, 0.25) is 5.91 Å². The number of hydrogen-bond acceptors (Lipinski definition) is 4. The molecule has 3 atom stereocenters. The minimum Gasteiger partial charge on any atom is -0.755 e. The van der Waals surface area contributed by atoms with Crippen LogP contribution in [0, 0.1) is 5.92 Å². The molecule has 1 aliphatic rings. The van der Waals surface area contributed by atoms with E-state index in [-0.39, 0.29) is 18.1 Å². The van der Waals surface area contributed by atoms with Crippen LogP contribution in [0.4, 0.5) is 0 Å². The second kappa shape index (κ2) is 6.11. The molecule has 1 heterocycles. The van der Waals surface area contributed by atoms with Crippen LogP contribution < -0.4 is 0 Å². The summed E-state index contributed by atoms with van der Waals surface area (Å²) in [6.45, 7) is 1.39. The van der Waals surface area contributed by atoms with E-state index in [4.69, 9.17) is 0 Å². The van der Waals surface area contributed by atoms with Gasteiger partial charge < -0.3 is 9.35 Å². The van der Waals surface area contributed by atoms with Crippen molar-refractivity contribution in [2.24, 2.45) is 5.92 Å². The summed E-state index contributed by atoms with van der Waals surface area (Å²) in [5.74, 6) is -1.67. The Labute approximate surface area is 119 Å². The SMILES string of the molecule is CC(=O)C[C@@H]1C(=O)N(S(=O)[O-])C=C[C@@H]1c1ccccc1. The number of nitrogens with zero attached hydrogens (tertiary/aromatic N) is 1. The number of ketones is 1. The second-order valence-corrected chi connectivity index (χ2v) is 5.50. The van der Waals surface area contributed by atoms with E-state index >= 15 is 0 Å². The van der Waals surface area contributed by atoms with Gasteiger partial charge in [0.15, 0.2) is 0 Å². The molecule has 1 unspecified atom stereocenters. The normalized spacial score (nSPS) is 23.7. The molecule has 1 amide bonds. The number of hydrogen-bond donors (Lipinski definition) is 0. The topological polar surface area (TPSA) is 77.5 Å². The molecule has 6 heteroatoms. The Kier molecular flexibility index (Phi) is 4.46. The quantitative estimate of drug-likeness (QED) is 0.788. The van der Waals surface area contributed by atoms with E-state index in [0.717, 1.165) is 5.56 Å². The molecule has 2 rings (SSSR count). The summed E-state index contributed by atoms with van der Waals surface area (Å²) in [4.78, 5) is 23.6. The number of carbonyl (C=O) groups is 2. The molecule has 0 aliphatic carbocycles. The molecule has 0 spiro atoms. The monoisotopic (exact) mass is 292 g/mol. The molecule has 20 heavy (non-hydrogen) atoms. The molecular weight excluding hydrogens is 278 g/mol. The lowest BCUT2D eigenvalue weighted by molar-refractivity contribution is -0.133. The van der Waals surface area contributed by atoms with Gasteiger partial charge in [-0.1, -0.05) is 36.4 Å². The van der Waals surface area contributed by atoms with Crippen molar-refractivity contribution in [3.05, 3.63) is 48.2 Å². The van der Waals surface area contributed by atoms with Crippen LogP contribution in [-0.4, -0.2) is 24.8 Å². The highest BCUT2D eigenvalue weighted by atomic mass is 32.2. The zero-order chi connectivity index (χ0) is 14.7. The molecular formula is C14H14NO4S-. The van der Waals surface area contributed by atoms with Crippen LogP contribution in [0.2, 0.25) is 0 Å². The molecule has 1 aliphatic heterocycles. The van der Waals surface area contributed by atoms with Crippen molar-refractivity contribution in [1.82, 2.24) is 4.31 Å². The van der Waals surface area contributed by atoms with Crippen molar-refractivity contribution < 1.29 is 18.4 Å². The van der Waals surface area contributed by atoms with E-state index < -0.39 is 23.1 Å². The minimum absolute atomic E-state index is 0.0242. The summed E-state index contributed by atoms with van der Waals surface area (Å²) in [7, 11) is 0. The van der Waals surface area contributed by atoms with Crippen molar-refractivity contribution in [3.63, 3.8) is 0 Å². The van der Waals surface area contributed by atoms with Gasteiger partial charge in [-0.25, -0.2) is 4.31 Å². The van der Waals surface area contributed by atoms with Crippen LogP contribution in [0.15, 0.2) is 42.6 Å². The van der Waals surface area contributed by atoms with E-state index in [2.05, 4.69) is 0 Å². The van der Waals surface area contributed by atoms with Crippen LogP contribution in [0.5, 0.6) is 0 Å². The third kappa shape index (κ3) is 3.02. The summed E-state index contributed by atoms with van der Waals surface area (Å²) < 4.78 is 22.7. The first-order valence-electron chi connectivity index (χ1n) is 6.16. The van der Waals surface area contributed by atoms with E-state index in [0.29, 0.717) is 4.31 Å². The van der Waals surface area contributed by atoms with Gasteiger partial charge in [0.1, 0.15) is 5.78 Å². The van der Waals surface area contributed by atoms with Gasteiger partial charge in [0.05, 0.1) is 17.2 Å². The van der Waals surface area contributed by atoms with E-state index in [9.17, 15) is 18.4 Å². The van der Waals surface area contributed by atoms with E-state index in [1.54, 1.807) is 6.08 Å². The predicted octanol–water partition coefficient (Wildman–Crippen LogP) is 1.52. The van der Waals surface area contributed by atoms with Crippen molar-refractivity contribution >= 4 is 23.0 Å². The highest BCUT2D eigenvalue weighted by Gasteiger charge is 2.35. The molecule has 0 saturated heterocycles. The van der Waals surface area contributed by atoms with E-state index in [1.807, 2.05) is 30.3 Å². The highest BCUT2D eigenvalue weighted by Crippen LogP contribution is 2.34. The smallest absolute Gasteiger partial charge is 0.242 e. The minimum atomic E-state index is -2.65. The maximum atomic E-state index is 12.2. The highest BCUT2D eigenvalue weighted by molar-refractivity contribution is 7.77. The Morgan fingerprint density at radius 3 is 2.55 bits per heavy atom. The van der Waals surface area contributed by atoms with Gasteiger partial charge in [-0.3, -0.25) is 9.00 Å². The Hall–Kier alpha value is -1.79. The summed E-state index contributed by atoms with van der Waals surface area (Å²) in [6, 6.07) is 9.27. The molecule has 0 saturated carbocycles. The first-order chi connectivity index (χ1) is 9.50. The van der Waals surface area contributed by atoms with Crippen molar-refractivity contribution in [2.75, 3.05) is 0 Å². The molecule has 0 bridgehead atoms. The summed E-state index contributed by atoms with van der Waals surface area (Å²) in [5.41, 5.74) is 0.889. The zero-order valence-corrected chi connectivity index (χ0v) is 11.7. The fourth-order valence-corrected chi connectivity index (χ4v) is 2.81. The van der Waals surface area contributed by atoms with Gasteiger partial charge in [0.25, 0.3) is 0 Å². The third-order valence-corrected chi connectivity index (χ3v) is 3.87. The van der Waals surface area contributed by atoms with Gasteiger partial charge in [-0.2, -0.15) is 0 Å². The van der Waals surface area contributed by atoms with Crippen molar-refractivity contribution in [1.29, 1.82) is 0 Å². The molecule has 0 N–H and O–H groups in total. The lowest BCUT2D eigenvalue weighted by Gasteiger charge is -2.33. The number of amides is 1. The maximum Gasteiger partial charge on any atom is 0.242 e. The summed E-state index contributed by atoms with van der Waals surface area (Å²) in [5, 5.41) is 0. The zero-order valence-electron chi connectivity index (χ0n) is 10.9. The summed E-state index contributed by atoms with van der Waals surface area (Å²) >= 11 is -2.65. The van der Waals surface area contributed by atoms with E-state index in [1.165, 1.54) is 13.1 Å². The average Bonchev–Trinajstić information content (AvgIpc) is 2.41. The second-order valence-electron chi connectivity index (χ2n) is 4.67. The van der Waals surface area contributed by atoms with Gasteiger partial charge in [0, 0.05) is 18.5 Å². The number of carbonyl (C=O) groups excluding carboxylic acids is 2. The molecule has 1 aromatic rings. The fourth-order valence-electron chi connectivity index (χ4n) is 2.36. The maximum absolute atomic E-state index is 12.2. The lowest BCUT2D eigenvalue weighted by atomic mass is 9.81. The van der Waals surface area contributed by atoms with Crippen LogP contribution in [0.25, 0.3) is 0 Å². The lowest BCUT2D eigenvalue weighted by Crippen LogP contribution is -2.40. The predicted molar refractivity (Wildman–Crippen MR) is 72.9 cm³/mol. The average molecular weight is 292 g/mol. The Morgan fingerprint density at radius 1 is 1.35 bits per heavy atom. The third-order valence-electron chi connectivity index (χ3n) is 3.25. The number of rotatable bonds is 4. The first kappa shape index (κ1) is 14.6. The number of allylic oxidation sites excluding steroid dienone is 1. The Bertz CT molecular complexity index is 570. The molecule has 0 radical (unpaired) electrons. The van der Waals surface area contributed by atoms with Crippen LogP contribution in [0.3, 0.4) is 0 Å². The molecule has 0 aromatic heterocycles. The van der Waals surface area contributed by atoms with Crippen molar-refractivity contribution in [2.45, 2.75) is 19.3 Å². The van der Waals surface area contributed by atoms with Crippen LogP contribution >= 0.6 is 0 Å². The molecule has 106 valence electrons. The van der Waals surface area contributed by atoms with Crippen LogP contribution in [0.1, 0.15) is 24.8 Å². The number of Topliss-reactive ketones (excluding diaryl/α,β-unsaturated/α-hetero) is 1. The molecule has 1 aromatic carbocycles. The van der Waals surface area contributed by atoms with Gasteiger partial charge in [-0.15, -0.1) is 0 Å². The van der Waals surface area contributed by atoms with Gasteiger partial charge in [-0.05, 0) is 12.5 Å². The first-order valence-corrected chi connectivity index (χ1v) is 7.19. The van der Waals surface area contributed by atoms with Crippen LogP contribution in [-0.2, 0) is 20.9 Å². The summed E-state index contributed by atoms with van der Waals surface area (Å²) in [6.07, 6.45) is 2.93. The Morgan fingerprint density at radius 2 is 2.00 bits per heavy atom. The fraction of sp³-hybridized carbons (Fsp3) is 0.286. The van der Waals surface area contributed by atoms with Crippen molar-refractivity contribution in [3.8, 4) is 0 Å². The van der Waals surface area contributed by atoms with Gasteiger partial charge >= 0.3 is 0 Å².